The fourth-order valence-electron chi connectivity index (χ4n) is 5.41. The molecule has 0 saturated heterocycles. The van der Waals surface area contributed by atoms with Crippen molar-refractivity contribution < 1.29 is 40.2 Å². The highest BCUT2D eigenvalue weighted by molar-refractivity contribution is 5.32. The lowest BCUT2D eigenvalue weighted by Gasteiger charge is -2.29. The van der Waals surface area contributed by atoms with Crippen LogP contribution in [0.25, 0.3) is 0 Å². The predicted molar refractivity (Wildman–Crippen MR) is 127 cm³/mol. The van der Waals surface area contributed by atoms with Gasteiger partial charge in [-0.25, -0.2) is 8.78 Å². The molecular weight excluding hydrogens is 501 g/mol. The second kappa shape index (κ2) is 13.3. The molecule has 2 aliphatic rings. The van der Waals surface area contributed by atoms with Crippen molar-refractivity contribution in [3.8, 4) is 5.75 Å². The van der Waals surface area contributed by atoms with Crippen LogP contribution in [-0.2, 0) is 10.9 Å². The molecule has 210 valence electrons. The molecule has 1 aromatic carbocycles. The van der Waals surface area contributed by atoms with Crippen molar-refractivity contribution in [1.82, 2.24) is 0 Å². The maximum absolute atomic E-state index is 14.2. The summed E-state index contributed by atoms with van der Waals surface area (Å²) in [4.78, 5) is 0. The standard InChI is InChI=1S/C28H37F7O2/c1-2-3-4-5-19-6-8-20(9-7-19)10-11-21-12-14-22(15-13-21)36-18-27(31,32)37-23-16-24(29)26(25(30)17-23)28(33,34)35/h10-11,16-17,19-22H,2-9,12-15,18H2,1H3/b11-10+. The average molecular weight is 539 g/mol. The number of ether oxygens (including phenoxy) is 2. The Balaban J connectivity index is 1.38. The lowest BCUT2D eigenvalue weighted by atomic mass is 9.78. The second-order valence-electron chi connectivity index (χ2n) is 10.5. The molecule has 0 unspecified atom stereocenters. The molecule has 0 amide bonds. The minimum Gasteiger partial charge on any atom is -0.431 e. The SMILES string of the molecule is CCCCCC1CCC(/C=C/C2CCC(OCC(F)(F)Oc3cc(F)c(C(F)(F)F)c(F)c3)CC2)CC1. The number of hydrogen-bond donors (Lipinski definition) is 0. The van der Waals surface area contributed by atoms with E-state index in [0.717, 1.165) is 18.8 Å². The van der Waals surface area contributed by atoms with Gasteiger partial charge in [-0.1, -0.05) is 44.8 Å². The first kappa shape index (κ1) is 29.8. The van der Waals surface area contributed by atoms with Crippen molar-refractivity contribution in [3.05, 3.63) is 41.5 Å². The molecular formula is C28H37F7O2. The zero-order valence-corrected chi connectivity index (χ0v) is 21.3. The normalized spacial score (nSPS) is 25.5. The molecule has 0 N–H and O–H groups in total. The van der Waals surface area contributed by atoms with Gasteiger partial charge in [0, 0.05) is 12.1 Å². The molecule has 2 nitrogen and oxygen atoms in total. The molecule has 37 heavy (non-hydrogen) atoms. The monoisotopic (exact) mass is 538 g/mol. The van der Waals surface area contributed by atoms with E-state index < -0.39 is 47.9 Å². The molecule has 0 atom stereocenters. The highest BCUT2D eigenvalue weighted by atomic mass is 19.4. The van der Waals surface area contributed by atoms with E-state index in [1.54, 1.807) is 0 Å². The largest absolute Gasteiger partial charge is 0.431 e. The first-order chi connectivity index (χ1) is 17.5. The zero-order valence-electron chi connectivity index (χ0n) is 21.3. The van der Waals surface area contributed by atoms with Crippen molar-refractivity contribution in [2.75, 3.05) is 6.61 Å². The maximum Gasteiger partial charge on any atom is 0.422 e. The third-order valence-electron chi connectivity index (χ3n) is 7.53. The van der Waals surface area contributed by atoms with E-state index in [1.165, 1.54) is 51.4 Å². The molecule has 9 heteroatoms. The molecule has 0 radical (unpaired) electrons. The van der Waals surface area contributed by atoms with Crippen LogP contribution in [0.5, 0.6) is 5.75 Å². The van der Waals surface area contributed by atoms with Gasteiger partial charge in [0.05, 0.1) is 6.10 Å². The minimum atomic E-state index is -5.29. The van der Waals surface area contributed by atoms with Gasteiger partial charge in [-0.3, -0.25) is 0 Å². The Kier molecular flexibility index (Phi) is 10.7. The van der Waals surface area contributed by atoms with Crippen LogP contribution >= 0.6 is 0 Å². The van der Waals surface area contributed by atoms with Crippen LogP contribution in [0.1, 0.15) is 89.5 Å². The number of halogens is 7. The van der Waals surface area contributed by atoms with Crippen LogP contribution in [0.2, 0.25) is 0 Å². The van der Waals surface area contributed by atoms with E-state index in [0.29, 0.717) is 24.7 Å². The summed E-state index contributed by atoms with van der Waals surface area (Å²) in [6, 6.07) is 0.187. The summed E-state index contributed by atoms with van der Waals surface area (Å²) in [5.41, 5.74) is -2.15. The van der Waals surface area contributed by atoms with Gasteiger partial charge in [0.25, 0.3) is 0 Å². The fraction of sp³-hybridized carbons (Fsp3) is 0.714. The van der Waals surface area contributed by atoms with Crippen molar-refractivity contribution in [2.24, 2.45) is 17.8 Å². The molecule has 2 fully saturated rings. The van der Waals surface area contributed by atoms with Gasteiger partial charge in [-0.2, -0.15) is 22.0 Å². The fourth-order valence-corrected chi connectivity index (χ4v) is 5.41. The molecule has 0 aromatic heterocycles. The number of benzene rings is 1. The minimum absolute atomic E-state index is 0.0935. The van der Waals surface area contributed by atoms with Crippen LogP contribution in [0.15, 0.2) is 24.3 Å². The summed E-state index contributed by atoms with van der Waals surface area (Å²) in [6.07, 6.45) is 8.06. The summed E-state index contributed by atoms with van der Waals surface area (Å²) < 4.78 is 103. The molecule has 2 aliphatic carbocycles. The molecule has 0 bridgehead atoms. The van der Waals surface area contributed by atoms with Gasteiger partial charge in [-0.05, 0) is 69.1 Å². The molecule has 2 saturated carbocycles. The number of rotatable bonds is 11. The number of allylic oxidation sites excluding steroid dienone is 2. The van der Waals surface area contributed by atoms with E-state index in [1.807, 2.05) is 0 Å². The first-order valence-corrected chi connectivity index (χ1v) is 13.4. The van der Waals surface area contributed by atoms with Crippen molar-refractivity contribution in [3.63, 3.8) is 0 Å². The van der Waals surface area contributed by atoms with Crippen LogP contribution < -0.4 is 4.74 Å². The summed E-state index contributed by atoms with van der Waals surface area (Å²) in [5.74, 6) is -3.22. The summed E-state index contributed by atoms with van der Waals surface area (Å²) >= 11 is 0. The lowest BCUT2D eigenvalue weighted by Crippen LogP contribution is -2.34. The number of alkyl halides is 5. The Morgan fingerprint density at radius 3 is 1.86 bits per heavy atom. The third-order valence-corrected chi connectivity index (χ3v) is 7.53. The Morgan fingerprint density at radius 1 is 0.811 bits per heavy atom. The maximum atomic E-state index is 14.2. The number of hydrogen-bond acceptors (Lipinski definition) is 2. The van der Waals surface area contributed by atoms with E-state index in [9.17, 15) is 30.7 Å². The molecule has 3 rings (SSSR count). The van der Waals surface area contributed by atoms with Crippen LogP contribution in [-0.4, -0.2) is 18.8 Å². The highest BCUT2D eigenvalue weighted by Gasteiger charge is 2.40. The van der Waals surface area contributed by atoms with E-state index >= 15 is 0 Å². The highest BCUT2D eigenvalue weighted by Crippen LogP contribution is 2.37. The Morgan fingerprint density at radius 2 is 1.35 bits per heavy atom. The average Bonchev–Trinajstić information content (AvgIpc) is 2.81. The van der Waals surface area contributed by atoms with Gasteiger partial charge >= 0.3 is 12.3 Å². The van der Waals surface area contributed by atoms with Gasteiger partial charge in [-0.15, -0.1) is 0 Å². The van der Waals surface area contributed by atoms with Gasteiger partial charge < -0.3 is 9.47 Å². The predicted octanol–water partition coefficient (Wildman–Crippen LogP) is 9.47. The van der Waals surface area contributed by atoms with E-state index in [2.05, 4.69) is 23.8 Å². The van der Waals surface area contributed by atoms with Crippen molar-refractivity contribution in [2.45, 2.75) is 102 Å². The summed E-state index contributed by atoms with van der Waals surface area (Å²) in [6.45, 7) is 1.06. The Bertz CT molecular complexity index is 845. The van der Waals surface area contributed by atoms with Gasteiger partial charge in [0.2, 0.25) is 0 Å². The van der Waals surface area contributed by atoms with E-state index in [4.69, 9.17) is 4.74 Å². The van der Waals surface area contributed by atoms with E-state index in [-0.39, 0.29) is 12.1 Å². The molecule has 1 aromatic rings. The van der Waals surface area contributed by atoms with Crippen molar-refractivity contribution in [1.29, 1.82) is 0 Å². The second-order valence-corrected chi connectivity index (χ2v) is 10.5. The van der Waals surface area contributed by atoms with Gasteiger partial charge in [0.1, 0.15) is 22.9 Å². The first-order valence-electron chi connectivity index (χ1n) is 13.4. The van der Waals surface area contributed by atoms with Crippen LogP contribution in [0.3, 0.4) is 0 Å². The number of unbranched alkanes of at least 4 members (excludes halogenated alkanes) is 2. The molecule has 0 spiro atoms. The molecule has 0 aliphatic heterocycles. The molecule has 0 heterocycles. The Labute approximate surface area is 214 Å². The summed E-state index contributed by atoms with van der Waals surface area (Å²) in [5, 5.41) is 0. The van der Waals surface area contributed by atoms with Gasteiger partial charge in [0.15, 0.2) is 6.61 Å². The smallest absolute Gasteiger partial charge is 0.422 e. The topological polar surface area (TPSA) is 18.5 Å². The summed E-state index contributed by atoms with van der Waals surface area (Å²) in [7, 11) is 0. The van der Waals surface area contributed by atoms with Crippen LogP contribution in [0.4, 0.5) is 30.7 Å². The quantitative estimate of drug-likeness (QED) is 0.159. The Hall–Kier alpha value is -1.77. The third kappa shape index (κ3) is 9.48. The zero-order chi connectivity index (χ0) is 27.1. The van der Waals surface area contributed by atoms with Crippen molar-refractivity contribution >= 4 is 0 Å². The lowest BCUT2D eigenvalue weighted by molar-refractivity contribution is -0.222. The van der Waals surface area contributed by atoms with Crippen LogP contribution in [0, 0.1) is 29.4 Å².